The lowest BCUT2D eigenvalue weighted by atomic mass is 9.78. The number of nitrogens with zero attached hydrogens (tertiary/aromatic N) is 2. The predicted molar refractivity (Wildman–Crippen MR) is 112 cm³/mol. The predicted octanol–water partition coefficient (Wildman–Crippen LogP) is 2.64. The van der Waals surface area contributed by atoms with Crippen LogP contribution in [0.1, 0.15) is 64.0 Å². The fourth-order valence-corrected chi connectivity index (χ4v) is 4.57. The van der Waals surface area contributed by atoms with Crippen molar-refractivity contribution in [2.45, 2.75) is 70.3 Å². The summed E-state index contributed by atoms with van der Waals surface area (Å²) < 4.78 is 5.15. The second-order valence-electron chi connectivity index (χ2n) is 8.46. The number of esters is 1. The molecule has 1 aromatic heterocycles. The fourth-order valence-electron chi connectivity index (χ4n) is 4.57. The van der Waals surface area contributed by atoms with Crippen LogP contribution in [0.25, 0.3) is 0 Å². The zero-order valence-corrected chi connectivity index (χ0v) is 17.9. The maximum atomic E-state index is 13.1. The lowest BCUT2D eigenvalue weighted by Gasteiger charge is -2.40. The molecule has 164 valence electrons. The van der Waals surface area contributed by atoms with Crippen molar-refractivity contribution in [2.75, 3.05) is 19.7 Å². The van der Waals surface area contributed by atoms with Gasteiger partial charge in [0.25, 0.3) is 0 Å². The topological polar surface area (TPSA) is 88.6 Å². The molecule has 0 radical (unpaired) electrons. The summed E-state index contributed by atoms with van der Waals surface area (Å²) >= 11 is 0. The van der Waals surface area contributed by atoms with Crippen molar-refractivity contribution in [1.29, 1.82) is 0 Å². The first-order chi connectivity index (χ1) is 14.5. The first-order valence-electron chi connectivity index (χ1n) is 11.2. The van der Waals surface area contributed by atoms with Crippen LogP contribution in [0.5, 0.6) is 0 Å². The highest BCUT2D eigenvalue weighted by Crippen LogP contribution is 2.32. The molecular weight excluding hydrogens is 382 g/mol. The molecule has 7 nitrogen and oxygen atoms in total. The Morgan fingerprint density at radius 1 is 1.27 bits per heavy atom. The van der Waals surface area contributed by atoms with Crippen LogP contribution in [0, 0.1) is 5.92 Å². The Labute approximate surface area is 178 Å². The van der Waals surface area contributed by atoms with Crippen molar-refractivity contribution >= 4 is 17.8 Å². The van der Waals surface area contributed by atoms with Crippen molar-refractivity contribution < 1.29 is 19.1 Å². The Morgan fingerprint density at radius 3 is 2.77 bits per heavy atom. The molecule has 1 N–H and O–H groups in total. The highest BCUT2D eigenvalue weighted by atomic mass is 16.5. The second kappa shape index (κ2) is 10.5. The number of nitrogens with one attached hydrogen (secondary N) is 1. The quantitative estimate of drug-likeness (QED) is 0.660. The Morgan fingerprint density at radius 2 is 2.07 bits per heavy atom. The molecule has 1 unspecified atom stereocenters. The van der Waals surface area contributed by atoms with Crippen LogP contribution in [-0.4, -0.2) is 52.9 Å². The summed E-state index contributed by atoms with van der Waals surface area (Å²) in [6, 6.07) is 5.75. The van der Waals surface area contributed by atoms with E-state index in [9.17, 15) is 14.4 Å². The molecule has 2 heterocycles. The Kier molecular flexibility index (Phi) is 7.82. The minimum absolute atomic E-state index is 0.0449. The van der Waals surface area contributed by atoms with Gasteiger partial charge in [-0.15, -0.1) is 0 Å². The van der Waals surface area contributed by atoms with Crippen LogP contribution in [0.3, 0.4) is 0 Å². The van der Waals surface area contributed by atoms with Gasteiger partial charge in [0.1, 0.15) is 0 Å². The van der Waals surface area contributed by atoms with Crippen LogP contribution < -0.4 is 5.32 Å². The van der Waals surface area contributed by atoms with E-state index in [1.807, 2.05) is 18.2 Å². The number of carbonyl (C=O) groups excluding carboxylic acids is 3. The number of rotatable bonds is 8. The minimum atomic E-state index is -0.512. The van der Waals surface area contributed by atoms with Gasteiger partial charge < -0.3 is 15.0 Å². The molecular formula is C23H33N3O4. The fraction of sp³-hybridized carbons (Fsp3) is 0.652. The molecule has 2 fully saturated rings. The van der Waals surface area contributed by atoms with Gasteiger partial charge in [0.15, 0.2) is 0 Å². The lowest BCUT2D eigenvalue weighted by Crippen LogP contribution is -2.55. The van der Waals surface area contributed by atoms with E-state index in [-0.39, 0.29) is 30.1 Å². The first-order valence-corrected chi connectivity index (χ1v) is 11.2. The number of amides is 2. The third kappa shape index (κ3) is 6.03. The van der Waals surface area contributed by atoms with E-state index in [1.54, 1.807) is 18.0 Å². The molecule has 0 spiro atoms. The standard InChI is InChI=1S/C23H33N3O4/c1-2-30-21(28)16-23(12-5-3-6-13-23)25-22(29)18-9-10-20(27)26(17-18)15-11-19-8-4-7-14-24-19/h4,7-8,14,18H,2-3,5-6,9-13,15-17H2,1H3,(H,25,29). The summed E-state index contributed by atoms with van der Waals surface area (Å²) in [5.41, 5.74) is 0.425. The molecule has 1 atom stereocenters. The lowest BCUT2D eigenvalue weighted by molar-refractivity contribution is -0.146. The van der Waals surface area contributed by atoms with Crippen LogP contribution in [0.4, 0.5) is 0 Å². The van der Waals surface area contributed by atoms with E-state index >= 15 is 0 Å². The van der Waals surface area contributed by atoms with Crippen molar-refractivity contribution in [1.82, 2.24) is 15.2 Å². The molecule has 1 aliphatic carbocycles. The third-order valence-corrected chi connectivity index (χ3v) is 6.22. The largest absolute Gasteiger partial charge is 0.466 e. The van der Waals surface area contributed by atoms with Crippen LogP contribution >= 0.6 is 0 Å². The number of carbonyl (C=O) groups is 3. The first kappa shape index (κ1) is 22.2. The molecule has 1 saturated carbocycles. The normalized spacial score (nSPS) is 21.2. The van der Waals surface area contributed by atoms with Gasteiger partial charge in [0, 0.05) is 37.8 Å². The summed E-state index contributed by atoms with van der Waals surface area (Å²) in [4.78, 5) is 43.7. The van der Waals surface area contributed by atoms with E-state index in [0.29, 0.717) is 39.0 Å². The van der Waals surface area contributed by atoms with Gasteiger partial charge in [-0.25, -0.2) is 0 Å². The van der Waals surface area contributed by atoms with Gasteiger partial charge in [-0.3, -0.25) is 19.4 Å². The molecule has 1 saturated heterocycles. The van der Waals surface area contributed by atoms with Crippen LogP contribution in [0.15, 0.2) is 24.4 Å². The molecule has 0 aromatic carbocycles. The minimum Gasteiger partial charge on any atom is -0.466 e. The summed E-state index contributed by atoms with van der Waals surface area (Å²) in [5.74, 6) is -0.451. The molecule has 1 aromatic rings. The zero-order chi connectivity index (χ0) is 21.4. The Hall–Kier alpha value is -2.44. The maximum Gasteiger partial charge on any atom is 0.308 e. The van der Waals surface area contributed by atoms with Gasteiger partial charge in [0.05, 0.1) is 24.5 Å². The van der Waals surface area contributed by atoms with Gasteiger partial charge in [-0.05, 0) is 38.3 Å². The summed E-state index contributed by atoms with van der Waals surface area (Å²) in [7, 11) is 0. The van der Waals surface area contributed by atoms with Crippen LogP contribution in [0.2, 0.25) is 0 Å². The molecule has 1 aliphatic heterocycles. The highest BCUT2D eigenvalue weighted by Gasteiger charge is 2.39. The highest BCUT2D eigenvalue weighted by molar-refractivity contribution is 5.85. The van der Waals surface area contributed by atoms with E-state index in [1.165, 1.54) is 0 Å². The van der Waals surface area contributed by atoms with Crippen molar-refractivity contribution in [2.24, 2.45) is 5.92 Å². The van der Waals surface area contributed by atoms with E-state index < -0.39 is 5.54 Å². The molecule has 2 aliphatic rings. The van der Waals surface area contributed by atoms with Gasteiger partial charge in [-0.1, -0.05) is 25.3 Å². The summed E-state index contributed by atoms with van der Waals surface area (Å²) in [5, 5.41) is 3.21. The maximum absolute atomic E-state index is 13.1. The number of hydrogen-bond donors (Lipinski definition) is 1. The molecule has 0 bridgehead atoms. The zero-order valence-electron chi connectivity index (χ0n) is 17.9. The molecule has 7 heteroatoms. The van der Waals surface area contributed by atoms with E-state index in [4.69, 9.17) is 4.74 Å². The van der Waals surface area contributed by atoms with Gasteiger partial charge in [-0.2, -0.15) is 0 Å². The third-order valence-electron chi connectivity index (χ3n) is 6.22. The molecule has 30 heavy (non-hydrogen) atoms. The Balaban J connectivity index is 1.59. The number of hydrogen-bond acceptors (Lipinski definition) is 5. The SMILES string of the molecule is CCOC(=O)CC1(NC(=O)C2CCC(=O)N(CCc3ccccn3)C2)CCCCC1. The smallest absolute Gasteiger partial charge is 0.308 e. The summed E-state index contributed by atoms with van der Waals surface area (Å²) in [6.07, 6.45) is 8.30. The number of aromatic nitrogens is 1. The van der Waals surface area contributed by atoms with E-state index in [2.05, 4.69) is 10.3 Å². The number of pyridine rings is 1. The average molecular weight is 416 g/mol. The van der Waals surface area contributed by atoms with Crippen molar-refractivity contribution in [3.05, 3.63) is 30.1 Å². The second-order valence-corrected chi connectivity index (χ2v) is 8.46. The number of piperidine rings is 1. The average Bonchev–Trinajstić information content (AvgIpc) is 2.74. The van der Waals surface area contributed by atoms with Gasteiger partial charge >= 0.3 is 5.97 Å². The van der Waals surface area contributed by atoms with Gasteiger partial charge in [0.2, 0.25) is 11.8 Å². The van der Waals surface area contributed by atoms with Crippen LogP contribution in [-0.2, 0) is 25.5 Å². The van der Waals surface area contributed by atoms with Crippen molar-refractivity contribution in [3.63, 3.8) is 0 Å². The molecule has 3 rings (SSSR count). The van der Waals surface area contributed by atoms with Crippen molar-refractivity contribution in [3.8, 4) is 0 Å². The Bertz CT molecular complexity index is 731. The summed E-state index contributed by atoms with van der Waals surface area (Å²) in [6.45, 7) is 3.13. The molecule has 2 amide bonds. The van der Waals surface area contributed by atoms with E-state index in [0.717, 1.165) is 37.8 Å². The number of ether oxygens (including phenoxy) is 1. The number of likely N-dealkylation sites (tertiary alicyclic amines) is 1. The monoisotopic (exact) mass is 415 g/mol.